The molecule has 37 heavy (non-hydrogen) atoms. The van der Waals surface area contributed by atoms with Crippen molar-refractivity contribution in [3.63, 3.8) is 0 Å². The number of aromatic nitrogens is 3. The molecule has 0 atom stereocenters. The van der Waals surface area contributed by atoms with Crippen molar-refractivity contribution in [2.75, 3.05) is 55.5 Å². The van der Waals surface area contributed by atoms with Crippen molar-refractivity contribution in [2.24, 2.45) is 7.05 Å². The number of hydrogen-bond acceptors (Lipinski definition) is 9. The number of benzene rings is 1. The highest BCUT2D eigenvalue weighted by atomic mass is 32.2. The number of rotatable bonds is 7. The van der Waals surface area contributed by atoms with Crippen LogP contribution in [0.3, 0.4) is 0 Å². The molecular weight excluding hydrogens is 496 g/mol. The lowest BCUT2D eigenvalue weighted by atomic mass is 10.2. The van der Waals surface area contributed by atoms with E-state index in [-0.39, 0.29) is 17.2 Å². The summed E-state index contributed by atoms with van der Waals surface area (Å²) in [6, 6.07) is 12.3. The SMILES string of the molecule is Cn1nc(N2CCOc3nc(CC(=O)NCc4ccc(S(C)(=O)=O)cc4)ccc32)cc1N1CCOCC1. The maximum atomic E-state index is 12.5. The summed E-state index contributed by atoms with van der Waals surface area (Å²) in [4.78, 5) is 21.7. The molecule has 1 fully saturated rings. The van der Waals surface area contributed by atoms with E-state index in [1.807, 2.05) is 23.9 Å². The van der Waals surface area contributed by atoms with Crippen molar-refractivity contribution >= 4 is 33.1 Å². The molecule has 2 aliphatic rings. The largest absolute Gasteiger partial charge is 0.474 e. The van der Waals surface area contributed by atoms with Gasteiger partial charge >= 0.3 is 0 Å². The number of pyridine rings is 1. The summed E-state index contributed by atoms with van der Waals surface area (Å²) in [7, 11) is -1.31. The third kappa shape index (κ3) is 5.70. The molecule has 0 saturated carbocycles. The van der Waals surface area contributed by atoms with Gasteiger partial charge < -0.3 is 24.6 Å². The van der Waals surface area contributed by atoms with E-state index in [4.69, 9.17) is 14.6 Å². The number of anilines is 3. The highest BCUT2D eigenvalue weighted by Crippen LogP contribution is 2.36. The number of hydrogen-bond donors (Lipinski definition) is 1. The number of nitrogens with zero attached hydrogens (tertiary/aromatic N) is 5. The molecule has 12 heteroatoms. The zero-order valence-corrected chi connectivity index (χ0v) is 21.7. The Kier molecular flexibility index (Phi) is 7.02. The Morgan fingerprint density at radius 2 is 1.81 bits per heavy atom. The minimum Gasteiger partial charge on any atom is -0.474 e. The van der Waals surface area contributed by atoms with Crippen molar-refractivity contribution in [3.8, 4) is 5.88 Å². The highest BCUT2D eigenvalue weighted by Gasteiger charge is 2.25. The maximum absolute atomic E-state index is 12.5. The Hall–Kier alpha value is -3.64. The molecule has 2 aromatic heterocycles. The number of carbonyl (C=O) groups excluding carboxylic acids is 1. The lowest BCUT2D eigenvalue weighted by Gasteiger charge is -2.29. The number of ether oxygens (including phenoxy) is 2. The fourth-order valence-electron chi connectivity index (χ4n) is 4.42. The van der Waals surface area contributed by atoms with Crippen LogP contribution >= 0.6 is 0 Å². The molecule has 1 amide bonds. The molecule has 3 aromatic rings. The number of sulfone groups is 1. The highest BCUT2D eigenvalue weighted by molar-refractivity contribution is 7.90. The molecule has 1 saturated heterocycles. The van der Waals surface area contributed by atoms with Crippen LogP contribution in [0.1, 0.15) is 11.3 Å². The fourth-order valence-corrected chi connectivity index (χ4v) is 5.05. The molecular formula is C25H30N6O5S. The summed E-state index contributed by atoms with van der Waals surface area (Å²) in [6.07, 6.45) is 1.26. The van der Waals surface area contributed by atoms with Gasteiger partial charge in [0.05, 0.1) is 36.8 Å². The van der Waals surface area contributed by atoms with Gasteiger partial charge in [0, 0.05) is 39.0 Å². The maximum Gasteiger partial charge on any atom is 0.238 e. The second-order valence-electron chi connectivity index (χ2n) is 9.08. The number of aryl methyl sites for hydroxylation is 1. The van der Waals surface area contributed by atoms with E-state index >= 15 is 0 Å². The first-order valence-electron chi connectivity index (χ1n) is 12.1. The lowest BCUT2D eigenvalue weighted by Crippen LogP contribution is -2.37. The van der Waals surface area contributed by atoms with E-state index in [9.17, 15) is 13.2 Å². The van der Waals surface area contributed by atoms with Crippen LogP contribution in [-0.4, -0.2) is 74.8 Å². The van der Waals surface area contributed by atoms with E-state index < -0.39 is 9.84 Å². The van der Waals surface area contributed by atoms with Gasteiger partial charge in [-0.25, -0.2) is 13.4 Å². The van der Waals surface area contributed by atoms with Gasteiger partial charge in [0.15, 0.2) is 15.7 Å². The summed E-state index contributed by atoms with van der Waals surface area (Å²) in [5.74, 6) is 2.15. The standard InChI is InChI=1S/C25H30N6O5S/c1-29-24(30-9-12-35-13-10-30)16-22(28-29)31-11-14-36-25-21(31)8-5-19(27-25)15-23(32)26-17-18-3-6-20(7-4-18)37(2,33)34/h3-8,16H,9-15,17H2,1-2H3,(H,26,32). The summed E-state index contributed by atoms with van der Waals surface area (Å²) in [5, 5.41) is 7.58. The van der Waals surface area contributed by atoms with Gasteiger partial charge in [-0.05, 0) is 29.8 Å². The van der Waals surface area contributed by atoms with Gasteiger partial charge in [-0.2, -0.15) is 5.10 Å². The van der Waals surface area contributed by atoms with E-state index in [0.717, 1.165) is 42.2 Å². The summed E-state index contributed by atoms with van der Waals surface area (Å²) in [5.41, 5.74) is 2.22. The first-order chi connectivity index (χ1) is 17.8. The van der Waals surface area contributed by atoms with Gasteiger partial charge in [-0.1, -0.05) is 12.1 Å². The predicted octanol–water partition coefficient (Wildman–Crippen LogP) is 1.44. The van der Waals surface area contributed by atoms with Gasteiger partial charge in [0.25, 0.3) is 0 Å². The smallest absolute Gasteiger partial charge is 0.238 e. The van der Waals surface area contributed by atoms with Crippen LogP contribution in [0.2, 0.25) is 0 Å². The molecule has 0 spiro atoms. The average Bonchev–Trinajstić information content (AvgIpc) is 3.28. The molecule has 2 aliphatic heterocycles. The third-order valence-electron chi connectivity index (χ3n) is 6.38. The number of fused-ring (bicyclic) bond motifs is 1. The Morgan fingerprint density at radius 1 is 1.05 bits per heavy atom. The first kappa shape index (κ1) is 25.0. The van der Waals surface area contributed by atoms with Crippen molar-refractivity contribution in [3.05, 3.63) is 53.7 Å². The molecule has 0 aliphatic carbocycles. The minimum atomic E-state index is -3.25. The molecule has 196 valence electrons. The topological polar surface area (TPSA) is 119 Å². The number of amides is 1. The van der Waals surface area contributed by atoms with Gasteiger partial charge in [0.2, 0.25) is 11.8 Å². The van der Waals surface area contributed by atoms with Crippen LogP contribution in [-0.2, 0) is 39.4 Å². The van der Waals surface area contributed by atoms with Gasteiger partial charge in [-0.15, -0.1) is 0 Å². The Morgan fingerprint density at radius 3 is 2.54 bits per heavy atom. The van der Waals surface area contributed by atoms with Crippen LogP contribution in [0.5, 0.6) is 5.88 Å². The second-order valence-corrected chi connectivity index (χ2v) is 11.1. The summed E-state index contributed by atoms with van der Waals surface area (Å²) < 4.78 is 36.4. The van der Waals surface area contributed by atoms with Crippen LogP contribution in [0.15, 0.2) is 47.4 Å². The molecule has 0 bridgehead atoms. The molecule has 4 heterocycles. The average molecular weight is 527 g/mol. The zero-order valence-electron chi connectivity index (χ0n) is 20.9. The molecule has 1 aromatic carbocycles. The molecule has 0 radical (unpaired) electrons. The van der Waals surface area contributed by atoms with E-state index in [2.05, 4.69) is 26.2 Å². The number of nitrogens with one attached hydrogen (secondary N) is 1. The summed E-state index contributed by atoms with van der Waals surface area (Å²) in [6.45, 7) is 4.47. The quantitative estimate of drug-likeness (QED) is 0.488. The second kappa shape index (κ2) is 10.4. The van der Waals surface area contributed by atoms with Gasteiger partial charge in [0.1, 0.15) is 18.1 Å². The molecule has 0 unspecified atom stereocenters. The monoisotopic (exact) mass is 526 g/mol. The van der Waals surface area contributed by atoms with Crippen molar-refractivity contribution < 1.29 is 22.7 Å². The van der Waals surface area contributed by atoms with Crippen molar-refractivity contribution in [1.82, 2.24) is 20.1 Å². The number of morpholine rings is 1. The van der Waals surface area contributed by atoms with Crippen LogP contribution in [0.25, 0.3) is 0 Å². The lowest BCUT2D eigenvalue weighted by molar-refractivity contribution is -0.120. The van der Waals surface area contributed by atoms with Crippen LogP contribution in [0, 0.1) is 0 Å². The Labute approximate surface area is 215 Å². The van der Waals surface area contributed by atoms with Crippen molar-refractivity contribution in [2.45, 2.75) is 17.9 Å². The summed E-state index contributed by atoms with van der Waals surface area (Å²) >= 11 is 0. The number of carbonyl (C=O) groups is 1. The predicted molar refractivity (Wildman–Crippen MR) is 138 cm³/mol. The Bertz CT molecular complexity index is 1380. The molecule has 5 rings (SSSR count). The van der Waals surface area contributed by atoms with Gasteiger partial charge in [-0.3, -0.25) is 9.48 Å². The fraction of sp³-hybridized carbons (Fsp3) is 0.400. The Balaban J connectivity index is 1.24. The van der Waals surface area contributed by atoms with E-state index in [0.29, 0.717) is 44.5 Å². The first-order valence-corrected chi connectivity index (χ1v) is 14.0. The normalized spacial score (nSPS) is 15.7. The van der Waals surface area contributed by atoms with Crippen LogP contribution in [0.4, 0.5) is 17.3 Å². The van der Waals surface area contributed by atoms with Crippen molar-refractivity contribution in [1.29, 1.82) is 0 Å². The minimum absolute atomic E-state index is 0.100. The van der Waals surface area contributed by atoms with E-state index in [1.54, 1.807) is 12.1 Å². The third-order valence-corrected chi connectivity index (χ3v) is 7.51. The molecule has 11 nitrogen and oxygen atoms in total. The van der Waals surface area contributed by atoms with E-state index in [1.165, 1.54) is 12.1 Å². The molecule has 1 N–H and O–H groups in total. The zero-order chi connectivity index (χ0) is 26.0. The van der Waals surface area contributed by atoms with Crippen LogP contribution < -0.4 is 19.9 Å².